The Kier molecular flexibility index (Phi) is 4.83. The summed E-state index contributed by atoms with van der Waals surface area (Å²) in [6, 6.07) is 10.3. The van der Waals surface area contributed by atoms with E-state index in [1.807, 2.05) is 0 Å². The average Bonchev–Trinajstić information content (AvgIpc) is 2.85. The van der Waals surface area contributed by atoms with Crippen molar-refractivity contribution in [1.82, 2.24) is 14.8 Å². The predicted molar refractivity (Wildman–Crippen MR) is 104 cm³/mol. The van der Waals surface area contributed by atoms with Crippen molar-refractivity contribution in [2.45, 2.75) is 5.75 Å². The van der Waals surface area contributed by atoms with E-state index in [1.165, 1.54) is 10.9 Å². The maximum absolute atomic E-state index is 11.4. The second-order valence-corrected chi connectivity index (χ2v) is 8.75. The van der Waals surface area contributed by atoms with Gasteiger partial charge in [0.15, 0.2) is 9.84 Å². The highest BCUT2D eigenvalue weighted by molar-refractivity contribution is 7.89. The number of hydrogen-bond acceptors (Lipinski definition) is 6. The Morgan fingerprint density at radius 1 is 1.08 bits per heavy atom. The van der Waals surface area contributed by atoms with Crippen LogP contribution < -0.4 is 11.5 Å². The summed E-state index contributed by atoms with van der Waals surface area (Å²) in [5, 5.41) is 4.77. The van der Waals surface area contributed by atoms with Crippen LogP contribution in [0.15, 0.2) is 36.4 Å². The number of sulfone groups is 1. The fourth-order valence-electron chi connectivity index (χ4n) is 2.56. The molecule has 0 spiro atoms. The van der Waals surface area contributed by atoms with Gasteiger partial charge < -0.3 is 11.5 Å². The molecule has 0 aliphatic carbocycles. The topological polar surface area (TPSA) is 117 Å². The Labute approximate surface area is 160 Å². The second kappa shape index (κ2) is 6.79. The van der Waals surface area contributed by atoms with Gasteiger partial charge in [0.25, 0.3) is 0 Å². The van der Waals surface area contributed by atoms with Crippen LogP contribution in [-0.2, 0) is 15.6 Å². The summed E-state index contributed by atoms with van der Waals surface area (Å²) in [6.07, 6.45) is 1.19. The summed E-state index contributed by atoms with van der Waals surface area (Å²) < 4.78 is 24.1. The molecule has 3 aromatic rings. The number of nitrogens with two attached hydrogens (primary N) is 2. The number of halogens is 2. The predicted octanol–water partition coefficient (Wildman–Crippen LogP) is 2.95. The maximum Gasteiger partial charge on any atom is 0.241 e. The SMILES string of the molecule is CS(=O)(=O)Cc1ccc(-c2c(Cl)cc(-n3nc(N)nc3N)cc2Cl)cc1. The molecule has 0 saturated heterocycles. The van der Waals surface area contributed by atoms with Gasteiger partial charge in [-0.05, 0) is 23.3 Å². The lowest BCUT2D eigenvalue weighted by molar-refractivity contribution is 0.601. The number of rotatable bonds is 4. The van der Waals surface area contributed by atoms with Gasteiger partial charge in [-0.25, -0.2) is 8.42 Å². The highest BCUT2D eigenvalue weighted by atomic mass is 35.5. The quantitative estimate of drug-likeness (QED) is 0.681. The molecule has 10 heteroatoms. The molecule has 0 saturated carbocycles. The molecule has 2 aromatic carbocycles. The third-order valence-electron chi connectivity index (χ3n) is 3.59. The van der Waals surface area contributed by atoms with Gasteiger partial charge >= 0.3 is 0 Å². The van der Waals surface area contributed by atoms with Crippen molar-refractivity contribution in [3.63, 3.8) is 0 Å². The van der Waals surface area contributed by atoms with Crippen LogP contribution in [0, 0.1) is 0 Å². The lowest BCUT2D eigenvalue weighted by Gasteiger charge is -2.11. The molecular weight excluding hydrogens is 397 g/mol. The van der Waals surface area contributed by atoms with Gasteiger partial charge in [0.2, 0.25) is 11.9 Å². The molecule has 0 bridgehead atoms. The van der Waals surface area contributed by atoms with Crippen LogP contribution in [0.1, 0.15) is 5.56 Å². The van der Waals surface area contributed by atoms with Crippen molar-refractivity contribution in [2.24, 2.45) is 0 Å². The molecule has 136 valence electrons. The lowest BCUT2D eigenvalue weighted by Crippen LogP contribution is -2.03. The first-order valence-corrected chi connectivity index (χ1v) is 10.2. The van der Waals surface area contributed by atoms with Crippen LogP contribution in [0.3, 0.4) is 0 Å². The van der Waals surface area contributed by atoms with Crippen molar-refractivity contribution in [2.75, 3.05) is 17.7 Å². The van der Waals surface area contributed by atoms with Crippen LogP contribution in [0.4, 0.5) is 11.9 Å². The third-order valence-corrected chi connectivity index (χ3v) is 5.05. The van der Waals surface area contributed by atoms with E-state index < -0.39 is 9.84 Å². The molecule has 0 atom stereocenters. The van der Waals surface area contributed by atoms with Crippen LogP contribution in [0.25, 0.3) is 16.8 Å². The molecule has 26 heavy (non-hydrogen) atoms. The molecule has 0 amide bonds. The van der Waals surface area contributed by atoms with Gasteiger partial charge in [-0.15, -0.1) is 5.10 Å². The Morgan fingerprint density at radius 2 is 1.65 bits per heavy atom. The Hall–Kier alpha value is -2.29. The molecule has 0 radical (unpaired) electrons. The zero-order valence-corrected chi connectivity index (χ0v) is 16.0. The monoisotopic (exact) mass is 411 g/mol. The van der Waals surface area contributed by atoms with Gasteiger partial charge in [-0.3, -0.25) is 0 Å². The third kappa shape index (κ3) is 3.92. The molecular formula is C16H15Cl2N5O2S. The van der Waals surface area contributed by atoms with Gasteiger partial charge in [0.05, 0.1) is 21.5 Å². The number of nitrogen functional groups attached to an aromatic ring is 2. The molecule has 0 fully saturated rings. The standard InChI is InChI=1S/C16H15Cl2N5O2S/c1-26(24,25)8-9-2-4-10(5-3-9)14-12(17)6-11(7-13(14)18)23-16(20)21-15(19)22-23/h2-7H,8H2,1H3,(H4,19,20,21,22). The summed E-state index contributed by atoms with van der Waals surface area (Å²) in [5.41, 5.74) is 13.9. The van der Waals surface area contributed by atoms with E-state index in [9.17, 15) is 8.42 Å². The van der Waals surface area contributed by atoms with E-state index >= 15 is 0 Å². The molecule has 0 unspecified atom stereocenters. The number of nitrogens with zero attached hydrogens (tertiary/aromatic N) is 3. The molecule has 3 rings (SSSR count). The molecule has 0 aliphatic rings. The summed E-state index contributed by atoms with van der Waals surface area (Å²) in [5.74, 6) is 0.133. The summed E-state index contributed by atoms with van der Waals surface area (Å²) in [4.78, 5) is 3.84. The van der Waals surface area contributed by atoms with E-state index in [-0.39, 0.29) is 17.6 Å². The smallest absolute Gasteiger partial charge is 0.241 e. The van der Waals surface area contributed by atoms with Gasteiger partial charge in [-0.2, -0.15) is 9.67 Å². The maximum atomic E-state index is 11.4. The minimum atomic E-state index is -3.10. The van der Waals surface area contributed by atoms with Crippen LogP contribution in [0.5, 0.6) is 0 Å². The Balaban J connectivity index is 2.00. The number of anilines is 2. The van der Waals surface area contributed by atoms with Gasteiger partial charge in [-0.1, -0.05) is 47.5 Å². The minimum absolute atomic E-state index is 0.0271. The van der Waals surface area contributed by atoms with E-state index in [0.717, 1.165) is 5.56 Å². The van der Waals surface area contributed by atoms with E-state index in [4.69, 9.17) is 34.7 Å². The fraction of sp³-hybridized carbons (Fsp3) is 0.125. The highest BCUT2D eigenvalue weighted by Crippen LogP contribution is 2.37. The van der Waals surface area contributed by atoms with Crippen molar-refractivity contribution < 1.29 is 8.42 Å². The molecule has 1 aromatic heterocycles. The van der Waals surface area contributed by atoms with Crippen LogP contribution >= 0.6 is 23.2 Å². The first-order valence-electron chi connectivity index (χ1n) is 7.38. The first-order chi connectivity index (χ1) is 12.1. The van der Waals surface area contributed by atoms with E-state index in [1.54, 1.807) is 36.4 Å². The number of aromatic nitrogens is 3. The second-order valence-electron chi connectivity index (χ2n) is 5.79. The van der Waals surface area contributed by atoms with E-state index in [2.05, 4.69) is 10.1 Å². The first kappa shape index (κ1) is 18.5. The van der Waals surface area contributed by atoms with Crippen molar-refractivity contribution in [1.29, 1.82) is 0 Å². The summed E-state index contributed by atoms with van der Waals surface area (Å²) in [7, 11) is -3.10. The number of benzene rings is 2. The zero-order valence-electron chi connectivity index (χ0n) is 13.6. The highest BCUT2D eigenvalue weighted by Gasteiger charge is 2.15. The summed E-state index contributed by atoms with van der Waals surface area (Å²) in [6.45, 7) is 0. The molecule has 4 N–H and O–H groups in total. The Morgan fingerprint density at radius 3 is 2.12 bits per heavy atom. The van der Waals surface area contributed by atoms with Crippen molar-refractivity contribution >= 4 is 44.9 Å². The van der Waals surface area contributed by atoms with Gasteiger partial charge in [0.1, 0.15) is 0 Å². The minimum Gasteiger partial charge on any atom is -0.368 e. The molecule has 0 aliphatic heterocycles. The van der Waals surface area contributed by atoms with Gasteiger partial charge in [0, 0.05) is 11.8 Å². The fourth-order valence-corrected chi connectivity index (χ4v) is 4.05. The molecule has 7 nitrogen and oxygen atoms in total. The zero-order chi connectivity index (χ0) is 19.1. The van der Waals surface area contributed by atoms with E-state index in [0.29, 0.717) is 26.9 Å². The average molecular weight is 412 g/mol. The Bertz CT molecular complexity index is 1060. The van der Waals surface area contributed by atoms with Crippen LogP contribution in [0.2, 0.25) is 10.0 Å². The lowest BCUT2D eigenvalue weighted by atomic mass is 10.0. The summed E-state index contributed by atoms with van der Waals surface area (Å²) >= 11 is 12.8. The normalized spacial score (nSPS) is 11.7. The molecule has 1 heterocycles. The number of hydrogen-bond donors (Lipinski definition) is 2. The largest absolute Gasteiger partial charge is 0.368 e. The van der Waals surface area contributed by atoms with Crippen molar-refractivity contribution in [3.8, 4) is 16.8 Å². The van der Waals surface area contributed by atoms with Crippen molar-refractivity contribution in [3.05, 3.63) is 52.0 Å². The van der Waals surface area contributed by atoms with Crippen LogP contribution in [-0.4, -0.2) is 29.4 Å².